The van der Waals surface area contributed by atoms with E-state index in [1.807, 2.05) is 6.92 Å². The Bertz CT molecular complexity index is 1300. The van der Waals surface area contributed by atoms with Gasteiger partial charge < -0.3 is 16.4 Å². The van der Waals surface area contributed by atoms with Gasteiger partial charge in [-0.15, -0.1) is 4.40 Å². The molecule has 0 bridgehead atoms. The number of likely N-dealkylation sites (tertiary alicyclic amines) is 1. The molecule has 6 N–H and O–H groups in total. The van der Waals surface area contributed by atoms with Gasteiger partial charge in [0.05, 0.1) is 6.04 Å². The van der Waals surface area contributed by atoms with Crippen LogP contribution in [0.5, 0.6) is 0 Å². The standard InChI is InChI=1S/C28H43N7O5S/c1-17-21(19-10-5-3-6-11-19)16-22(25(30)33-41(31,39)40)32-24(17)28(38)35(20-12-7-4-8-13-20)27(37)23-14-9-15-34(23)26(36)18(2)29/h16,18-20,23H,3-15,29H2,1-2H3,(H2,30,33)(H2,31,39,40)/t18-,23-/m0/s1. The monoisotopic (exact) mass is 589 g/mol. The number of nitrogens with zero attached hydrogens (tertiary/aromatic N) is 4. The Balaban J connectivity index is 1.81. The fourth-order valence-electron chi connectivity index (χ4n) is 6.60. The van der Waals surface area contributed by atoms with Gasteiger partial charge in [-0.25, -0.2) is 10.1 Å². The average molecular weight is 590 g/mol. The molecular formula is C28H43N7O5S. The highest BCUT2D eigenvalue weighted by Crippen LogP contribution is 2.36. The molecule has 0 radical (unpaired) electrons. The summed E-state index contributed by atoms with van der Waals surface area (Å²) in [6, 6.07) is -0.189. The quantitative estimate of drug-likeness (QED) is 0.244. The second-order valence-corrected chi connectivity index (χ2v) is 12.9. The van der Waals surface area contributed by atoms with E-state index >= 15 is 0 Å². The number of pyridine rings is 1. The molecule has 1 saturated heterocycles. The SMILES string of the molecule is Cc1c(C2CCCCC2)cc(C(N)=NS(N)(=O)=O)nc1C(=O)N(C(=O)[C@@H]1CCCN1C(=O)[C@H](C)N)C1CCCCC1. The highest BCUT2D eigenvalue weighted by Gasteiger charge is 2.43. The van der Waals surface area contributed by atoms with Crippen molar-refractivity contribution < 1.29 is 22.8 Å². The lowest BCUT2D eigenvalue weighted by Crippen LogP contribution is -2.55. The zero-order valence-electron chi connectivity index (χ0n) is 24.0. The van der Waals surface area contributed by atoms with Crippen LogP contribution in [-0.4, -0.2) is 71.4 Å². The number of hydrogen-bond acceptors (Lipinski definition) is 7. The van der Waals surface area contributed by atoms with E-state index in [2.05, 4.69) is 9.38 Å². The van der Waals surface area contributed by atoms with Crippen molar-refractivity contribution in [2.24, 2.45) is 21.0 Å². The normalized spacial score (nSPS) is 22.0. The first kappa shape index (κ1) is 31.0. The number of hydrogen-bond donors (Lipinski definition) is 3. The van der Waals surface area contributed by atoms with Gasteiger partial charge in [-0.1, -0.05) is 38.5 Å². The maximum atomic E-state index is 14.5. The van der Waals surface area contributed by atoms with Crippen molar-refractivity contribution in [1.82, 2.24) is 14.8 Å². The Labute approximate surface area is 242 Å². The van der Waals surface area contributed by atoms with E-state index < -0.39 is 39.9 Å². The summed E-state index contributed by atoms with van der Waals surface area (Å²) in [7, 11) is -4.31. The average Bonchev–Trinajstić information content (AvgIpc) is 3.43. The number of carbonyl (C=O) groups is 3. The first-order valence-electron chi connectivity index (χ1n) is 14.7. The van der Waals surface area contributed by atoms with Crippen LogP contribution in [0.4, 0.5) is 0 Å². The van der Waals surface area contributed by atoms with Gasteiger partial charge in [-0.2, -0.15) is 8.42 Å². The van der Waals surface area contributed by atoms with E-state index in [1.165, 1.54) is 9.80 Å². The third-order valence-electron chi connectivity index (χ3n) is 8.65. The largest absolute Gasteiger partial charge is 0.381 e. The lowest BCUT2D eigenvalue weighted by Gasteiger charge is -2.37. The fraction of sp³-hybridized carbons (Fsp3) is 0.679. The fourth-order valence-corrected chi connectivity index (χ4v) is 6.97. The van der Waals surface area contributed by atoms with Crippen molar-refractivity contribution in [2.45, 2.75) is 115 Å². The molecule has 41 heavy (non-hydrogen) atoms. The summed E-state index contributed by atoms with van der Waals surface area (Å²) in [5.41, 5.74) is 13.5. The number of imide groups is 1. The number of amidine groups is 1. The molecule has 1 aliphatic heterocycles. The molecular weight excluding hydrogens is 546 g/mol. The van der Waals surface area contributed by atoms with Gasteiger partial charge in [0, 0.05) is 12.6 Å². The summed E-state index contributed by atoms with van der Waals surface area (Å²) in [6.45, 7) is 3.81. The van der Waals surface area contributed by atoms with Crippen molar-refractivity contribution in [1.29, 1.82) is 0 Å². The molecule has 2 heterocycles. The Kier molecular flexibility index (Phi) is 9.81. The summed E-state index contributed by atoms with van der Waals surface area (Å²) >= 11 is 0. The van der Waals surface area contributed by atoms with Crippen LogP contribution in [0.15, 0.2) is 10.5 Å². The van der Waals surface area contributed by atoms with Crippen LogP contribution in [0.2, 0.25) is 0 Å². The molecule has 2 saturated carbocycles. The van der Waals surface area contributed by atoms with Gasteiger partial charge in [0.2, 0.25) is 5.91 Å². The van der Waals surface area contributed by atoms with Crippen LogP contribution < -0.4 is 16.6 Å². The van der Waals surface area contributed by atoms with Gasteiger partial charge in [-0.05, 0) is 75.5 Å². The van der Waals surface area contributed by atoms with Gasteiger partial charge >= 0.3 is 10.2 Å². The summed E-state index contributed by atoms with van der Waals surface area (Å²) in [4.78, 5) is 48.8. The molecule has 2 atom stereocenters. The molecule has 0 spiro atoms. The molecule has 3 fully saturated rings. The van der Waals surface area contributed by atoms with Gasteiger partial charge in [0.1, 0.15) is 17.4 Å². The smallest absolute Gasteiger partial charge is 0.319 e. The minimum absolute atomic E-state index is 0.0271. The van der Waals surface area contributed by atoms with Crippen LogP contribution in [0, 0.1) is 6.92 Å². The molecule has 0 aromatic carbocycles. The number of aromatic nitrogens is 1. The minimum atomic E-state index is -4.31. The molecule has 1 aromatic rings. The third kappa shape index (κ3) is 7.12. The van der Waals surface area contributed by atoms with E-state index in [-0.39, 0.29) is 29.3 Å². The van der Waals surface area contributed by atoms with Crippen LogP contribution >= 0.6 is 0 Å². The second-order valence-electron chi connectivity index (χ2n) is 11.7. The number of rotatable bonds is 7. The summed E-state index contributed by atoms with van der Waals surface area (Å²) < 4.78 is 26.8. The third-order valence-corrected chi connectivity index (χ3v) is 9.11. The topological polar surface area (TPSA) is 195 Å². The van der Waals surface area contributed by atoms with Crippen LogP contribution in [-0.2, 0) is 19.8 Å². The summed E-state index contributed by atoms with van der Waals surface area (Å²) in [6.07, 6.45) is 10.2. The molecule has 0 unspecified atom stereocenters. The van der Waals surface area contributed by atoms with Gasteiger partial charge in [0.15, 0.2) is 5.84 Å². The first-order valence-corrected chi connectivity index (χ1v) is 16.2. The minimum Gasteiger partial charge on any atom is -0.381 e. The maximum absolute atomic E-state index is 14.5. The van der Waals surface area contributed by atoms with Gasteiger partial charge in [-0.3, -0.25) is 19.3 Å². The Morgan fingerprint density at radius 3 is 2.22 bits per heavy atom. The van der Waals surface area contributed by atoms with Crippen LogP contribution in [0.3, 0.4) is 0 Å². The van der Waals surface area contributed by atoms with E-state index in [4.69, 9.17) is 16.6 Å². The molecule has 1 aromatic heterocycles. The predicted octanol–water partition coefficient (Wildman–Crippen LogP) is 1.99. The van der Waals surface area contributed by atoms with Crippen molar-refractivity contribution in [2.75, 3.05) is 6.54 Å². The zero-order valence-corrected chi connectivity index (χ0v) is 24.9. The van der Waals surface area contributed by atoms with E-state index in [0.717, 1.165) is 56.9 Å². The molecule has 2 aliphatic carbocycles. The van der Waals surface area contributed by atoms with E-state index in [9.17, 15) is 22.8 Å². The van der Waals surface area contributed by atoms with Crippen LogP contribution in [0.1, 0.15) is 117 Å². The molecule has 13 heteroatoms. The van der Waals surface area contributed by atoms with Crippen LogP contribution in [0.25, 0.3) is 0 Å². The van der Waals surface area contributed by atoms with E-state index in [1.54, 1.807) is 13.0 Å². The molecule has 12 nitrogen and oxygen atoms in total. The lowest BCUT2D eigenvalue weighted by molar-refractivity contribution is -0.144. The number of carbonyl (C=O) groups excluding carboxylic acids is 3. The highest BCUT2D eigenvalue weighted by atomic mass is 32.2. The lowest BCUT2D eigenvalue weighted by atomic mass is 9.81. The summed E-state index contributed by atoms with van der Waals surface area (Å²) in [5, 5.41) is 5.11. The molecule has 226 valence electrons. The second kappa shape index (κ2) is 13.0. The Hall–Kier alpha value is -2.90. The first-order chi connectivity index (χ1) is 19.4. The van der Waals surface area contributed by atoms with E-state index in [0.29, 0.717) is 37.8 Å². The summed E-state index contributed by atoms with van der Waals surface area (Å²) in [5.74, 6) is -1.60. The van der Waals surface area contributed by atoms with Crippen molar-refractivity contribution in [3.8, 4) is 0 Å². The van der Waals surface area contributed by atoms with Crippen molar-refractivity contribution in [3.05, 3.63) is 28.6 Å². The Morgan fingerprint density at radius 2 is 1.63 bits per heavy atom. The Morgan fingerprint density at radius 1 is 1.02 bits per heavy atom. The maximum Gasteiger partial charge on any atom is 0.319 e. The molecule has 4 rings (SSSR count). The van der Waals surface area contributed by atoms with Crippen molar-refractivity contribution in [3.63, 3.8) is 0 Å². The predicted molar refractivity (Wildman–Crippen MR) is 155 cm³/mol. The highest BCUT2D eigenvalue weighted by molar-refractivity contribution is 7.88. The number of nitrogens with two attached hydrogens (primary N) is 3. The molecule has 3 amide bonds. The van der Waals surface area contributed by atoms with Crippen molar-refractivity contribution >= 4 is 33.8 Å². The zero-order chi connectivity index (χ0) is 29.9. The molecule has 3 aliphatic rings. The number of amides is 3. The van der Waals surface area contributed by atoms with Gasteiger partial charge in [0.25, 0.3) is 11.8 Å².